The highest BCUT2D eigenvalue weighted by molar-refractivity contribution is 8.00. The number of benzene rings is 1. The predicted molar refractivity (Wildman–Crippen MR) is 80.5 cm³/mol. The quantitative estimate of drug-likeness (QED) is 0.621. The zero-order valence-electron chi connectivity index (χ0n) is 11.2. The number of nitrogens with zero attached hydrogens (tertiary/aromatic N) is 2. The van der Waals surface area contributed by atoms with Crippen LogP contribution in [0.2, 0.25) is 5.02 Å². The van der Waals surface area contributed by atoms with Gasteiger partial charge in [0.05, 0.1) is 4.92 Å². The first kappa shape index (κ1) is 15.1. The highest BCUT2D eigenvalue weighted by atomic mass is 35.5. The lowest BCUT2D eigenvalue weighted by Crippen LogP contribution is -2.48. The van der Waals surface area contributed by atoms with E-state index in [-0.39, 0.29) is 28.2 Å². The third kappa shape index (κ3) is 2.76. The molecule has 0 bridgehead atoms. The fourth-order valence-corrected chi connectivity index (χ4v) is 3.59. The Morgan fingerprint density at radius 2 is 2.20 bits per heavy atom. The van der Waals surface area contributed by atoms with Crippen molar-refractivity contribution in [1.29, 1.82) is 0 Å². The summed E-state index contributed by atoms with van der Waals surface area (Å²) in [6.07, 6.45) is 0. The summed E-state index contributed by atoms with van der Waals surface area (Å²) in [5.74, 6) is 0.518. The van der Waals surface area contributed by atoms with Crippen molar-refractivity contribution in [3.8, 4) is 0 Å². The van der Waals surface area contributed by atoms with Crippen LogP contribution in [-0.2, 0) is 0 Å². The largest absolute Gasteiger partial charge is 0.334 e. The van der Waals surface area contributed by atoms with Gasteiger partial charge in [-0.15, -0.1) is 0 Å². The molecule has 0 saturated carbocycles. The molecule has 1 amide bonds. The number of amides is 1. The molecule has 1 heterocycles. The number of halogens is 1. The summed E-state index contributed by atoms with van der Waals surface area (Å²) in [7, 11) is 0. The lowest BCUT2D eigenvalue weighted by molar-refractivity contribution is -0.385. The van der Waals surface area contributed by atoms with E-state index in [9.17, 15) is 14.9 Å². The first-order valence-electron chi connectivity index (χ1n) is 6.29. The van der Waals surface area contributed by atoms with Gasteiger partial charge >= 0.3 is 5.69 Å². The van der Waals surface area contributed by atoms with E-state index in [0.717, 1.165) is 5.75 Å². The molecule has 1 fully saturated rings. The van der Waals surface area contributed by atoms with Crippen molar-refractivity contribution in [3.63, 3.8) is 0 Å². The van der Waals surface area contributed by atoms with Gasteiger partial charge < -0.3 is 4.90 Å². The van der Waals surface area contributed by atoms with Crippen LogP contribution in [0.25, 0.3) is 0 Å². The van der Waals surface area contributed by atoms with Gasteiger partial charge in [0.2, 0.25) is 0 Å². The van der Waals surface area contributed by atoms with Crippen LogP contribution in [0, 0.1) is 10.1 Å². The highest BCUT2D eigenvalue weighted by Gasteiger charge is 2.33. The van der Waals surface area contributed by atoms with E-state index >= 15 is 0 Å². The van der Waals surface area contributed by atoms with Crippen molar-refractivity contribution < 1.29 is 9.72 Å². The fraction of sp³-hybridized carbons (Fsp3) is 0.462. The molecule has 7 heteroatoms. The SMILES string of the molecule is CC1SCCN(C(=O)c2cccc(Cl)c2[N+](=O)[O-])C1C. The van der Waals surface area contributed by atoms with Gasteiger partial charge in [-0.3, -0.25) is 14.9 Å². The number of carbonyl (C=O) groups is 1. The molecule has 1 aromatic carbocycles. The van der Waals surface area contributed by atoms with Gasteiger partial charge in [-0.2, -0.15) is 11.8 Å². The second kappa shape index (κ2) is 6.01. The van der Waals surface area contributed by atoms with Gasteiger partial charge in [0.1, 0.15) is 10.6 Å². The maximum atomic E-state index is 12.6. The number of nitro benzene ring substituents is 1. The molecule has 1 aliphatic rings. The van der Waals surface area contributed by atoms with Crippen LogP contribution in [0.4, 0.5) is 5.69 Å². The Labute approximate surface area is 126 Å². The Kier molecular flexibility index (Phi) is 4.55. The van der Waals surface area contributed by atoms with Crippen molar-refractivity contribution in [3.05, 3.63) is 38.9 Å². The Morgan fingerprint density at radius 1 is 1.50 bits per heavy atom. The van der Waals surface area contributed by atoms with Crippen molar-refractivity contribution in [2.45, 2.75) is 25.1 Å². The second-order valence-electron chi connectivity index (χ2n) is 4.71. The smallest absolute Gasteiger partial charge is 0.300 e. The van der Waals surface area contributed by atoms with Crippen LogP contribution >= 0.6 is 23.4 Å². The van der Waals surface area contributed by atoms with Crippen LogP contribution < -0.4 is 0 Å². The Hall–Kier alpha value is -1.27. The van der Waals surface area contributed by atoms with Crippen LogP contribution in [0.1, 0.15) is 24.2 Å². The minimum Gasteiger partial charge on any atom is -0.334 e. The number of thioether (sulfide) groups is 1. The monoisotopic (exact) mass is 314 g/mol. The highest BCUT2D eigenvalue weighted by Crippen LogP contribution is 2.31. The van der Waals surface area contributed by atoms with Crippen LogP contribution in [0.5, 0.6) is 0 Å². The van der Waals surface area contributed by atoms with Crippen LogP contribution in [0.15, 0.2) is 18.2 Å². The Bertz CT molecular complexity index is 552. The molecule has 0 spiro atoms. The van der Waals surface area contributed by atoms with Crippen molar-refractivity contribution in [1.82, 2.24) is 4.90 Å². The molecule has 2 rings (SSSR count). The van der Waals surface area contributed by atoms with E-state index in [4.69, 9.17) is 11.6 Å². The van der Waals surface area contributed by atoms with Gasteiger partial charge in [-0.1, -0.05) is 24.6 Å². The standard InChI is InChI=1S/C13H15ClN2O3S/c1-8-9(2)20-7-6-15(8)13(17)10-4-3-5-11(14)12(10)16(18)19/h3-5,8-9H,6-7H2,1-2H3. The number of carbonyl (C=O) groups excluding carboxylic acids is 1. The number of nitro groups is 1. The van der Waals surface area contributed by atoms with E-state index in [1.807, 2.05) is 6.92 Å². The second-order valence-corrected chi connectivity index (χ2v) is 6.60. The number of hydrogen-bond acceptors (Lipinski definition) is 4. The molecule has 108 valence electrons. The minimum absolute atomic E-state index is 0.00654. The molecule has 20 heavy (non-hydrogen) atoms. The zero-order chi connectivity index (χ0) is 14.9. The minimum atomic E-state index is -0.595. The van der Waals surface area contributed by atoms with Gasteiger partial charge in [-0.25, -0.2) is 0 Å². The van der Waals surface area contributed by atoms with Crippen LogP contribution in [0.3, 0.4) is 0 Å². The summed E-state index contributed by atoms with van der Waals surface area (Å²) in [6, 6.07) is 4.50. The number of para-hydroxylation sites is 1. The Morgan fingerprint density at radius 3 is 2.85 bits per heavy atom. The number of hydrogen-bond donors (Lipinski definition) is 0. The normalized spacial score (nSPS) is 22.6. The van der Waals surface area contributed by atoms with E-state index in [0.29, 0.717) is 11.8 Å². The predicted octanol–water partition coefficient (Wildman–Crippen LogP) is 3.21. The summed E-state index contributed by atoms with van der Waals surface area (Å²) >= 11 is 7.66. The molecule has 0 radical (unpaired) electrons. The Balaban J connectivity index is 2.39. The fourth-order valence-electron chi connectivity index (χ4n) is 2.25. The lowest BCUT2D eigenvalue weighted by atomic mass is 10.1. The molecule has 5 nitrogen and oxygen atoms in total. The molecule has 2 atom stereocenters. The molecule has 0 aliphatic carbocycles. The van der Waals surface area contributed by atoms with E-state index < -0.39 is 4.92 Å². The van der Waals surface area contributed by atoms with Crippen molar-refractivity contribution >= 4 is 35.0 Å². The molecule has 2 unspecified atom stereocenters. The summed E-state index contributed by atoms with van der Waals surface area (Å²) < 4.78 is 0. The average Bonchev–Trinajstić information content (AvgIpc) is 2.40. The zero-order valence-corrected chi connectivity index (χ0v) is 12.8. The molecule has 1 aliphatic heterocycles. The lowest BCUT2D eigenvalue weighted by Gasteiger charge is -2.37. The summed E-state index contributed by atoms with van der Waals surface area (Å²) in [5, 5.41) is 11.4. The van der Waals surface area contributed by atoms with Gasteiger partial charge in [0.25, 0.3) is 5.91 Å². The summed E-state index contributed by atoms with van der Waals surface area (Å²) in [6.45, 7) is 4.62. The summed E-state index contributed by atoms with van der Waals surface area (Å²) in [4.78, 5) is 24.8. The van der Waals surface area contributed by atoms with E-state index in [1.54, 1.807) is 22.7 Å². The first-order valence-corrected chi connectivity index (χ1v) is 7.71. The molecular formula is C13H15ClN2O3S. The van der Waals surface area contributed by atoms with E-state index in [2.05, 4.69) is 6.92 Å². The molecule has 0 N–H and O–H groups in total. The molecule has 1 saturated heterocycles. The van der Waals surface area contributed by atoms with Crippen molar-refractivity contribution in [2.24, 2.45) is 0 Å². The first-order chi connectivity index (χ1) is 9.43. The van der Waals surface area contributed by atoms with Crippen molar-refractivity contribution in [2.75, 3.05) is 12.3 Å². The summed E-state index contributed by atoms with van der Waals surface area (Å²) in [5.41, 5.74) is -0.245. The molecule has 0 aromatic heterocycles. The van der Waals surface area contributed by atoms with Gasteiger partial charge in [-0.05, 0) is 19.1 Å². The molecule has 1 aromatic rings. The third-order valence-electron chi connectivity index (χ3n) is 3.54. The third-order valence-corrected chi connectivity index (χ3v) is 5.19. The molecular weight excluding hydrogens is 300 g/mol. The van der Waals surface area contributed by atoms with Gasteiger partial charge in [0, 0.05) is 23.6 Å². The number of rotatable bonds is 2. The maximum absolute atomic E-state index is 12.6. The average molecular weight is 315 g/mol. The maximum Gasteiger partial charge on any atom is 0.300 e. The topological polar surface area (TPSA) is 63.5 Å². The van der Waals surface area contributed by atoms with Crippen LogP contribution in [-0.4, -0.2) is 39.3 Å². The van der Waals surface area contributed by atoms with Gasteiger partial charge in [0.15, 0.2) is 0 Å². The van der Waals surface area contributed by atoms with E-state index in [1.165, 1.54) is 12.1 Å².